The largest absolute Gasteiger partial charge is 0.444 e. The normalized spacial score (nSPS) is 14.7. The molecule has 2 aromatic rings. The number of hydrogen-bond donors (Lipinski definition) is 1. The molecule has 1 aromatic heterocycles. The van der Waals surface area contributed by atoms with Crippen LogP contribution in [0.25, 0.3) is 0 Å². The highest BCUT2D eigenvalue weighted by molar-refractivity contribution is 5.94. The van der Waals surface area contributed by atoms with Crippen molar-refractivity contribution in [2.75, 3.05) is 26.2 Å². The Hall–Kier alpha value is -3.23. The minimum Gasteiger partial charge on any atom is -0.444 e. The number of halogens is 1. The van der Waals surface area contributed by atoms with E-state index in [1.165, 1.54) is 12.1 Å². The lowest BCUT2D eigenvalue weighted by molar-refractivity contribution is 0.0255. The molecule has 0 spiro atoms. The van der Waals surface area contributed by atoms with Crippen molar-refractivity contribution >= 4 is 12.0 Å². The van der Waals surface area contributed by atoms with Crippen molar-refractivity contribution in [2.24, 2.45) is 0 Å². The van der Waals surface area contributed by atoms with E-state index in [-0.39, 0.29) is 11.1 Å². The third-order valence-corrected chi connectivity index (χ3v) is 5.70. The fraction of sp³-hybridized carbons (Fsp3) is 0.500. The second-order valence-corrected chi connectivity index (χ2v) is 9.35. The Morgan fingerprint density at radius 3 is 2.45 bits per heavy atom. The van der Waals surface area contributed by atoms with Gasteiger partial charge in [-0.1, -0.05) is 6.07 Å². The molecule has 1 saturated heterocycles. The van der Waals surface area contributed by atoms with Gasteiger partial charge in [-0.15, -0.1) is 0 Å². The molecular formula is C24H31FN4O4. The van der Waals surface area contributed by atoms with E-state index in [0.717, 1.165) is 5.56 Å². The molecule has 3 rings (SSSR count). The number of nitrogens with zero attached hydrogens (tertiary/aromatic N) is 3. The van der Waals surface area contributed by atoms with Gasteiger partial charge in [0, 0.05) is 38.2 Å². The van der Waals surface area contributed by atoms with Crippen LogP contribution >= 0.6 is 0 Å². The number of aromatic amines is 1. The smallest absolute Gasteiger partial charge is 0.410 e. The Balaban J connectivity index is 1.74. The van der Waals surface area contributed by atoms with Gasteiger partial charge in [0.1, 0.15) is 11.4 Å². The lowest BCUT2D eigenvalue weighted by Gasteiger charge is -2.26. The number of amides is 2. The van der Waals surface area contributed by atoms with Crippen molar-refractivity contribution in [1.29, 1.82) is 0 Å². The predicted molar refractivity (Wildman–Crippen MR) is 122 cm³/mol. The number of carbonyl (C=O) groups is 2. The molecule has 1 N–H and O–H groups in total. The number of H-pyrrole nitrogens is 1. The van der Waals surface area contributed by atoms with E-state index >= 15 is 0 Å². The van der Waals surface area contributed by atoms with Gasteiger partial charge in [0.05, 0.1) is 11.3 Å². The van der Waals surface area contributed by atoms with Crippen LogP contribution in [0.3, 0.4) is 0 Å². The summed E-state index contributed by atoms with van der Waals surface area (Å²) in [5.41, 5.74) is 1.87. The molecule has 1 aliphatic heterocycles. The van der Waals surface area contributed by atoms with Crippen LogP contribution in [0.15, 0.2) is 23.0 Å². The summed E-state index contributed by atoms with van der Waals surface area (Å²) in [6, 6.07) is 4.43. The number of ether oxygens (including phenoxy) is 1. The van der Waals surface area contributed by atoms with Crippen molar-refractivity contribution in [1.82, 2.24) is 20.0 Å². The maximum Gasteiger partial charge on any atom is 0.410 e. The van der Waals surface area contributed by atoms with Crippen LogP contribution in [0.2, 0.25) is 0 Å². The number of aromatic nitrogens is 2. The van der Waals surface area contributed by atoms with E-state index < -0.39 is 23.4 Å². The molecular weight excluding hydrogens is 427 g/mol. The highest BCUT2D eigenvalue weighted by Gasteiger charge is 2.27. The average Bonchev–Trinajstić information content (AvgIpc) is 3.00. The van der Waals surface area contributed by atoms with Gasteiger partial charge in [-0.25, -0.2) is 14.3 Å². The lowest BCUT2D eigenvalue weighted by atomic mass is 10.0. The predicted octanol–water partition coefficient (Wildman–Crippen LogP) is 3.20. The summed E-state index contributed by atoms with van der Waals surface area (Å²) in [6.07, 6.45) is 0.520. The van der Waals surface area contributed by atoms with Crippen LogP contribution in [0.1, 0.15) is 59.9 Å². The lowest BCUT2D eigenvalue weighted by Crippen LogP contribution is -2.40. The van der Waals surface area contributed by atoms with Crippen molar-refractivity contribution in [3.8, 4) is 0 Å². The summed E-state index contributed by atoms with van der Waals surface area (Å²) >= 11 is 0. The second-order valence-electron chi connectivity index (χ2n) is 9.35. The molecule has 8 nitrogen and oxygen atoms in total. The van der Waals surface area contributed by atoms with E-state index in [0.29, 0.717) is 55.8 Å². The maximum atomic E-state index is 14.6. The van der Waals surface area contributed by atoms with Crippen LogP contribution in [0, 0.1) is 19.7 Å². The van der Waals surface area contributed by atoms with Gasteiger partial charge in [-0.2, -0.15) is 5.10 Å². The Morgan fingerprint density at radius 1 is 1.09 bits per heavy atom. The third-order valence-electron chi connectivity index (χ3n) is 5.70. The summed E-state index contributed by atoms with van der Waals surface area (Å²) in [6.45, 7) is 10.5. The Morgan fingerprint density at radius 2 is 1.76 bits per heavy atom. The van der Waals surface area contributed by atoms with Crippen LogP contribution in [-0.2, 0) is 11.2 Å². The van der Waals surface area contributed by atoms with Crippen LogP contribution < -0.4 is 5.56 Å². The van der Waals surface area contributed by atoms with Crippen molar-refractivity contribution in [2.45, 2.75) is 53.1 Å². The summed E-state index contributed by atoms with van der Waals surface area (Å²) in [7, 11) is 0. The van der Waals surface area contributed by atoms with Gasteiger partial charge in [-0.05, 0) is 64.3 Å². The summed E-state index contributed by atoms with van der Waals surface area (Å²) in [4.78, 5) is 40.4. The molecule has 2 amide bonds. The molecule has 1 aliphatic rings. The highest BCUT2D eigenvalue weighted by Crippen LogP contribution is 2.19. The van der Waals surface area contributed by atoms with Gasteiger partial charge in [0.25, 0.3) is 11.5 Å². The molecule has 1 fully saturated rings. The SMILES string of the molecule is Cc1c(Cc2ccc(F)c(C(=O)N3CCCN(C(=O)OC(C)(C)C)CC3)c2)n[nH]c(=O)c1C. The molecule has 9 heteroatoms. The zero-order chi connectivity index (χ0) is 24.3. The molecule has 0 radical (unpaired) electrons. The van der Waals surface area contributed by atoms with Gasteiger partial charge in [0.2, 0.25) is 0 Å². The minimum atomic E-state index is -0.598. The molecule has 1 aromatic carbocycles. The third kappa shape index (κ3) is 5.97. The topological polar surface area (TPSA) is 95.6 Å². The zero-order valence-corrected chi connectivity index (χ0v) is 19.8. The quantitative estimate of drug-likeness (QED) is 0.762. The Labute approximate surface area is 192 Å². The molecule has 2 heterocycles. The van der Waals surface area contributed by atoms with Gasteiger partial charge in [0.15, 0.2) is 0 Å². The zero-order valence-electron chi connectivity index (χ0n) is 19.8. The van der Waals surface area contributed by atoms with Crippen molar-refractivity contribution < 1.29 is 18.7 Å². The molecule has 0 aliphatic carbocycles. The van der Waals surface area contributed by atoms with Crippen molar-refractivity contribution in [3.05, 3.63) is 62.3 Å². The van der Waals surface area contributed by atoms with E-state index in [1.54, 1.807) is 43.6 Å². The fourth-order valence-electron chi connectivity index (χ4n) is 3.68. The van der Waals surface area contributed by atoms with Gasteiger partial charge >= 0.3 is 6.09 Å². The van der Waals surface area contributed by atoms with Gasteiger partial charge in [-0.3, -0.25) is 9.59 Å². The molecule has 178 valence electrons. The van der Waals surface area contributed by atoms with E-state index in [2.05, 4.69) is 10.2 Å². The first-order chi connectivity index (χ1) is 15.5. The van der Waals surface area contributed by atoms with E-state index in [9.17, 15) is 18.8 Å². The first-order valence-electron chi connectivity index (χ1n) is 11.1. The Bertz CT molecular complexity index is 1110. The van der Waals surface area contributed by atoms with E-state index in [4.69, 9.17) is 4.74 Å². The standard InChI is InChI=1S/C24H31FN4O4/c1-15-16(2)21(30)27-26-20(15)14-17-7-8-19(25)18(13-17)22(31)28-9-6-10-29(12-11-28)23(32)33-24(3,4)5/h7-8,13H,6,9-12,14H2,1-5H3,(H,27,30). The Kier molecular flexibility index (Phi) is 7.19. The highest BCUT2D eigenvalue weighted by atomic mass is 19.1. The molecule has 0 bridgehead atoms. The number of rotatable bonds is 3. The molecule has 0 atom stereocenters. The number of carbonyl (C=O) groups excluding carboxylic acids is 2. The van der Waals surface area contributed by atoms with Crippen LogP contribution in [0.5, 0.6) is 0 Å². The van der Waals surface area contributed by atoms with Crippen molar-refractivity contribution in [3.63, 3.8) is 0 Å². The number of hydrogen-bond acceptors (Lipinski definition) is 5. The number of benzene rings is 1. The number of nitrogens with one attached hydrogen (secondary N) is 1. The monoisotopic (exact) mass is 458 g/mol. The molecule has 0 saturated carbocycles. The summed E-state index contributed by atoms with van der Waals surface area (Å²) in [5, 5.41) is 6.57. The first kappa shape index (κ1) is 24.4. The first-order valence-corrected chi connectivity index (χ1v) is 11.1. The van der Waals surface area contributed by atoms with Gasteiger partial charge < -0.3 is 14.5 Å². The molecule has 33 heavy (non-hydrogen) atoms. The van der Waals surface area contributed by atoms with Crippen LogP contribution in [0.4, 0.5) is 9.18 Å². The average molecular weight is 459 g/mol. The van der Waals surface area contributed by atoms with E-state index in [1.807, 2.05) is 6.92 Å². The summed E-state index contributed by atoms with van der Waals surface area (Å²) < 4.78 is 20.0. The fourth-order valence-corrected chi connectivity index (χ4v) is 3.68. The second kappa shape index (κ2) is 9.72. The molecule has 0 unspecified atom stereocenters. The maximum absolute atomic E-state index is 14.6. The minimum absolute atomic E-state index is 0.0167. The summed E-state index contributed by atoms with van der Waals surface area (Å²) in [5.74, 6) is -1.01. The van der Waals surface area contributed by atoms with Crippen LogP contribution in [-0.4, -0.2) is 63.8 Å².